The molecular weight excluding hydrogens is 727 g/mol. The monoisotopic (exact) mass is 775 g/mol. The minimum absolute atomic E-state index is 0.00289. The van der Waals surface area contributed by atoms with Gasteiger partial charge in [-0.2, -0.15) is 0 Å². The summed E-state index contributed by atoms with van der Waals surface area (Å²) < 4.78 is 8.96. The fourth-order valence-corrected chi connectivity index (χ4v) is 8.81. The van der Waals surface area contributed by atoms with E-state index in [4.69, 9.17) is 9.72 Å². The third kappa shape index (κ3) is 6.93. The van der Waals surface area contributed by atoms with Gasteiger partial charge in [0.15, 0.2) is 5.82 Å². The number of amides is 3. The van der Waals surface area contributed by atoms with Crippen LogP contribution in [-0.2, 0) is 47.4 Å². The highest BCUT2D eigenvalue weighted by Gasteiger charge is 2.41. The number of aromatic nitrogens is 4. The minimum atomic E-state index is -0.426. The highest BCUT2D eigenvalue weighted by atomic mass is 16.5. The molecule has 15 nitrogen and oxygen atoms in total. The molecule has 2 fully saturated rings. The molecule has 15 heteroatoms. The molecular formula is C42H49N9O6. The van der Waals surface area contributed by atoms with Crippen molar-refractivity contribution in [3.63, 3.8) is 0 Å². The average Bonchev–Trinajstić information content (AvgIpc) is 3.64. The van der Waals surface area contributed by atoms with E-state index < -0.39 is 18.1 Å². The van der Waals surface area contributed by atoms with Crippen molar-refractivity contribution in [1.29, 1.82) is 0 Å². The van der Waals surface area contributed by atoms with Gasteiger partial charge in [0.25, 0.3) is 11.5 Å². The fourth-order valence-electron chi connectivity index (χ4n) is 8.81. The van der Waals surface area contributed by atoms with Gasteiger partial charge in [0.05, 0.1) is 44.1 Å². The number of hydrogen-bond acceptors (Lipinski definition) is 10. The van der Waals surface area contributed by atoms with Crippen molar-refractivity contribution in [3.05, 3.63) is 93.8 Å². The van der Waals surface area contributed by atoms with E-state index in [1.165, 1.54) is 21.9 Å². The summed E-state index contributed by atoms with van der Waals surface area (Å²) >= 11 is 0. The molecule has 3 N–H and O–H groups in total. The van der Waals surface area contributed by atoms with Crippen molar-refractivity contribution in [3.8, 4) is 11.3 Å². The molecule has 3 aliphatic heterocycles. The van der Waals surface area contributed by atoms with Gasteiger partial charge < -0.3 is 34.5 Å². The van der Waals surface area contributed by atoms with Crippen molar-refractivity contribution in [2.75, 3.05) is 48.4 Å². The highest BCUT2D eigenvalue weighted by Crippen LogP contribution is 2.41. The normalized spacial score (nSPS) is 19.4. The van der Waals surface area contributed by atoms with Gasteiger partial charge in [0, 0.05) is 73.3 Å². The lowest BCUT2D eigenvalue weighted by atomic mass is 9.90. The summed E-state index contributed by atoms with van der Waals surface area (Å²) in [7, 11) is 1.61. The van der Waals surface area contributed by atoms with E-state index >= 15 is 0 Å². The van der Waals surface area contributed by atoms with Gasteiger partial charge in [-0.25, -0.2) is 9.97 Å². The van der Waals surface area contributed by atoms with Crippen LogP contribution >= 0.6 is 0 Å². The lowest BCUT2D eigenvalue weighted by molar-refractivity contribution is -0.150. The number of aryl methyl sites for hydroxylation is 1. The first kappa shape index (κ1) is 38.2. The number of aliphatic hydroxyl groups is 1. The molecule has 6 heterocycles. The van der Waals surface area contributed by atoms with E-state index in [9.17, 15) is 24.3 Å². The second kappa shape index (κ2) is 14.7. The first-order chi connectivity index (χ1) is 27.3. The van der Waals surface area contributed by atoms with Gasteiger partial charge in [-0.3, -0.25) is 29.0 Å². The van der Waals surface area contributed by atoms with Crippen molar-refractivity contribution in [2.24, 2.45) is 12.5 Å². The lowest BCUT2D eigenvalue weighted by Crippen LogP contribution is -2.60. The fraction of sp³-hybridized carbons (Fsp3) is 0.429. The first-order valence-electron chi connectivity index (χ1n) is 19.4. The SMILES string of the molecule is C=CC(=O)Nc1cc(Nc2nc(-c3ccnc(N4CCn5c(cc6c5CC(C)(C)C6)C4=O)c3CO)cn(C)c2=O)ccc1C1CN(C2COC2)CC(=O)N1C(C)C. The molecule has 1 unspecified atom stereocenters. The molecule has 8 rings (SSSR count). The van der Waals surface area contributed by atoms with E-state index in [1.54, 1.807) is 42.5 Å². The molecule has 3 amide bonds. The number of nitrogens with one attached hydrogen (secondary N) is 2. The minimum Gasteiger partial charge on any atom is -0.392 e. The molecule has 0 saturated carbocycles. The van der Waals surface area contributed by atoms with Crippen LogP contribution in [0.4, 0.5) is 23.0 Å². The van der Waals surface area contributed by atoms with Crippen LogP contribution in [0.5, 0.6) is 0 Å². The summed E-state index contributed by atoms with van der Waals surface area (Å²) in [6.45, 7) is 14.6. The van der Waals surface area contributed by atoms with Crippen LogP contribution in [0.2, 0.25) is 0 Å². The summed E-state index contributed by atoms with van der Waals surface area (Å²) in [5.74, 6) is -0.260. The number of hydrogen-bond donors (Lipinski definition) is 3. The van der Waals surface area contributed by atoms with Crippen LogP contribution in [0.15, 0.2) is 60.2 Å². The zero-order valence-electron chi connectivity index (χ0n) is 33.0. The van der Waals surface area contributed by atoms with Gasteiger partial charge in [-0.05, 0) is 73.6 Å². The van der Waals surface area contributed by atoms with Crippen molar-refractivity contribution >= 4 is 40.7 Å². The number of nitrogens with zero attached hydrogens (tertiary/aromatic N) is 7. The van der Waals surface area contributed by atoms with Gasteiger partial charge >= 0.3 is 0 Å². The number of carbonyl (C=O) groups excluding carboxylic acids is 3. The van der Waals surface area contributed by atoms with E-state index in [0.29, 0.717) is 79.1 Å². The Morgan fingerprint density at radius 1 is 1.12 bits per heavy atom. The highest BCUT2D eigenvalue weighted by molar-refractivity contribution is 6.06. The Balaban J connectivity index is 1.12. The smallest absolute Gasteiger partial charge is 0.293 e. The second-order valence-corrected chi connectivity index (χ2v) is 16.5. The van der Waals surface area contributed by atoms with E-state index in [-0.39, 0.29) is 41.2 Å². The van der Waals surface area contributed by atoms with Crippen LogP contribution in [0.1, 0.15) is 66.6 Å². The van der Waals surface area contributed by atoms with E-state index in [2.05, 4.69) is 45.5 Å². The maximum atomic E-state index is 14.0. The molecule has 1 aromatic carbocycles. The maximum Gasteiger partial charge on any atom is 0.293 e. The molecule has 1 atom stereocenters. The van der Waals surface area contributed by atoms with Gasteiger partial charge in [-0.1, -0.05) is 26.5 Å². The molecule has 4 aliphatic rings. The quantitative estimate of drug-likeness (QED) is 0.202. The number of piperazine rings is 1. The molecule has 298 valence electrons. The zero-order chi connectivity index (χ0) is 40.3. The third-order valence-electron chi connectivity index (χ3n) is 11.6. The predicted octanol–water partition coefficient (Wildman–Crippen LogP) is 3.78. The van der Waals surface area contributed by atoms with E-state index in [0.717, 1.165) is 18.4 Å². The number of anilines is 4. The number of rotatable bonds is 10. The van der Waals surface area contributed by atoms with Crippen molar-refractivity contribution in [2.45, 2.75) is 71.8 Å². The Hall–Kier alpha value is -5.64. The number of carbonyl (C=O) groups is 3. The van der Waals surface area contributed by atoms with Crippen LogP contribution < -0.4 is 21.1 Å². The summed E-state index contributed by atoms with van der Waals surface area (Å²) in [5.41, 5.74) is 5.78. The summed E-state index contributed by atoms with van der Waals surface area (Å²) in [5, 5.41) is 16.8. The summed E-state index contributed by atoms with van der Waals surface area (Å²) in [6, 6.07) is 8.77. The van der Waals surface area contributed by atoms with Gasteiger partial charge in [0.1, 0.15) is 11.5 Å². The van der Waals surface area contributed by atoms with Crippen molar-refractivity contribution < 1.29 is 24.2 Å². The topological polar surface area (TPSA) is 167 Å². The molecule has 4 aromatic rings. The average molecular weight is 776 g/mol. The number of benzene rings is 1. The molecule has 3 aromatic heterocycles. The molecule has 57 heavy (non-hydrogen) atoms. The maximum absolute atomic E-state index is 14.0. The lowest BCUT2D eigenvalue weighted by Gasteiger charge is -2.48. The summed E-state index contributed by atoms with van der Waals surface area (Å²) in [6.07, 6.45) is 6.18. The number of ether oxygens (including phenoxy) is 1. The second-order valence-electron chi connectivity index (χ2n) is 16.5. The molecule has 0 spiro atoms. The van der Waals surface area contributed by atoms with Gasteiger partial charge in [-0.15, -0.1) is 0 Å². The molecule has 0 bridgehead atoms. The number of fused-ring (bicyclic) bond motifs is 3. The van der Waals surface area contributed by atoms with Crippen molar-refractivity contribution in [1.82, 2.24) is 28.9 Å². The summed E-state index contributed by atoms with van der Waals surface area (Å²) in [4.78, 5) is 68.7. The molecule has 1 aliphatic carbocycles. The molecule has 0 radical (unpaired) electrons. The Morgan fingerprint density at radius 2 is 1.91 bits per heavy atom. The van der Waals surface area contributed by atoms with Gasteiger partial charge in [0.2, 0.25) is 11.8 Å². The molecule has 2 saturated heterocycles. The van der Waals surface area contributed by atoms with Crippen LogP contribution in [0.3, 0.4) is 0 Å². The zero-order valence-corrected chi connectivity index (χ0v) is 33.0. The van der Waals surface area contributed by atoms with Crippen LogP contribution in [0.25, 0.3) is 11.3 Å². The first-order valence-corrected chi connectivity index (χ1v) is 19.4. The van der Waals surface area contributed by atoms with Crippen LogP contribution in [-0.4, -0.2) is 96.7 Å². The Bertz CT molecular complexity index is 2360. The number of pyridine rings is 1. The standard InChI is InChI=1S/C42H49N9O6/c1-7-36(53)45-31-15-26(8-9-29(31)35-19-48(27-22-57-23-27)20-37(54)51(35)24(2)3)44-38-41(56)47(6)18-32(46-38)28-10-11-43-39(30(28)21-52)50-13-12-49-33(40(50)55)14-25-16-42(4,5)17-34(25)49/h7-11,14-15,18,24,27,35,52H,1,12-13,16-17,19-23H2,2-6H3,(H,44,46)(H,45,53). The third-order valence-corrected chi connectivity index (χ3v) is 11.6. The Morgan fingerprint density at radius 3 is 2.61 bits per heavy atom. The Labute approximate surface area is 331 Å². The predicted molar refractivity (Wildman–Crippen MR) is 215 cm³/mol. The van der Waals surface area contributed by atoms with Crippen LogP contribution in [0, 0.1) is 5.41 Å². The largest absolute Gasteiger partial charge is 0.392 e. The van der Waals surface area contributed by atoms with E-state index in [1.807, 2.05) is 30.9 Å². The number of aliphatic hydroxyl groups excluding tert-OH is 1. The Kier molecular flexibility index (Phi) is 9.86.